The molecule has 106 valence electrons. The number of hydrogen-bond donors (Lipinski definition) is 0. The van der Waals surface area contributed by atoms with Crippen LogP contribution in [0.4, 0.5) is 0 Å². The lowest BCUT2D eigenvalue weighted by Crippen LogP contribution is -2.21. The zero-order valence-electron chi connectivity index (χ0n) is 12.2. The number of ether oxygens (including phenoxy) is 1. The molecule has 0 amide bonds. The van der Waals surface area contributed by atoms with Crippen LogP contribution >= 0.6 is 0 Å². The molecule has 0 N–H and O–H groups in total. The Morgan fingerprint density at radius 1 is 1.05 bits per heavy atom. The second-order valence-corrected chi connectivity index (χ2v) is 4.90. The van der Waals surface area contributed by atoms with Gasteiger partial charge in [0.25, 0.3) is 5.56 Å². The number of nitrogens with zero attached hydrogens (tertiary/aromatic N) is 1. The maximum absolute atomic E-state index is 12.7. The molecule has 0 fully saturated rings. The molecule has 2 aromatic carbocycles. The number of rotatable bonds is 3. The number of fused-ring (bicyclic) bond motifs is 1. The van der Waals surface area contributed by atoms with Gasteiger partial charge in [-0.05, 0) is 36.8 Å². The first-order chi connectivity index (χ1) is 10.2. The Morgan fingerprint density at radius 3 is 2.48 bits per heavy atom. The van der Waals surface area contributed by atoms with E-state index < -0.39 is 0 Å². The van der Waals surface area contributed by atoms with Crippen LogP contribution in [0.2, 0.25) is 0 Å². The van der Waals surface area contributed by atoms with Crippen molar-refractivity contribution in [1.82, 2.24) is 4.57 Å². The number of aryl methyl sites for hydroxylation is 1. The number of benzene rings is 2. The Balaban J connectivity index is 2.35. The third kappa shape index (κ3) is 2.31. The van der Waals surface area contributed by atoms with E-state index in [-0.39, 0.29) is 5.56 Å². The van der Waals surface area contributed by atoms with Crippen molar-refractivity contribution in [3.8, 4) is 16.9 Å². The molecule has 0 spiro atoms. The fraction of sp³-hybridized carbons (Fsp3) is 0.167. The van der Waals surface area contributed by atoms with Gasteiger partial charge in [0.2, 0.25) is 0 Å². The van der Waals surface area contributed by atoms with E-state index >= 15 is 0 Å². The van der Waals surface area contributed by atoms with Crippen molar-refractivity contribution < 1.29 is 4.74 Å². The topological polar surface area (TPSA) is 31.2 Å². The van der Waals surface area contributed by atoms with Crippen LogP contribution in [0.1, 0.15) is 6.92 Å². The van der Waals surface area contributed by atoms with Crippen LogP contribution in [-0.4, -0.2) is 11.7 Å². The van der Waals surface area contributed by atoms with E-state index in [9.17, 15) is 4.79 Å². The van der Waals surface area contributed by atoms with Gasteiger partial charge in [-0.25, -0.2) is 0 Å². The number of hydrogen-bond acceptors (Lipinski definition) is 2. The SMILES string of the molecule is CCn1c(=O)c(-c2ccccc2)cc2cc(OC)ccc21. The van der Waals surface area contributed by atoms with Crippen molar-refractivity contribution in [3.05, 3.63) is 65.0 Å². The second-order valence-electron chi connectivity index (χ2n) is 4.90. The van der Waals surface area contributed by atoms with Gasteiger partial charge in [-0.15, -0.1) is 0 Å². The Hall–Kier alpha value is -2.55. The van der Waals surface area contributed by atoms with Gasteiger partial charge in [0.1, 0.15) is 5.75 Å². The molecule has 3 heteroatoms. The summed E-state index contributed by atoms with van der Waals surface area (Å²) >= 11 is 0. The van der Waals surface area contributed by atoms with Gasteiger partial charge < -0.3 is 9.30 Å². The van der Waals surface area contributed by atoms with Crippen LogP contribution in [0.25, 0.3) is 22.0 Å². The van der Waals surface area contributed by atoms with Crippen LogP contribution < -0.4 is 10.3 Å². The Bertz CT molecular complexity index is 835. The maximum Gasteiger partial charge on any atom is 0.258 e. The van der Waals surface area contributed by atoms with Crippen molar-refractivity contribution in [3.63, 3.8) is 0 Å². The van der Waals surface area contributed by atoms with Gasteiger partial charge in [-0.1, -0.05) is 30.3 Å². The summed E-state index contributed by atoms with van der Waals surface area (Å²) in [6.45, 7) is 2.63. The van der Waals surface area contributed by atoms with Gasteiger partial charge in [0, 0.05) is 17.5 Å². The molecule has 1 heterocycles. The van der Waals surface area contributed by atoms with Gasteiger partial charge in [-0.3, -0.25) is 4.79 Å². The van der Waals surface area contributed by atoms with E-state index in [1.165, 1.54) is 0 Å². The minimum atomic E-state index is 0.0429. The first kappa shape index (κ1) is 13.4. The van der Waals surface area contributed by atoms with E-state index in [4.69, 9.17) is 4.74 Å². The minimum Gasteiger partial charge on any atom is -0.497 e. The van der Waals surface area contributed by atoms with E-state index in [0.29, 0.717) is 6.54 Å². The first-order valence-corrected chi connectivity index (χ1v) is 7.01. The molecule has 0 aliphatic rings. The largest absolute Gasteiger partial charge is 0.497 e. The van der Waals surface area contributed by atoms with E-state index in [1.54, 1.807) is 11.7 Å². The minimum absolute atomic E-state index is 0.0429. The Kier molecular flexibility index (Phi) is 3.48. The zero-order chi connectivity index (χ0) is 14.8. The third-order valence-corrected chi connectivity index (χ3v) is 3.70. The molecule has 0 aliphatic heterocycles. The average molecular weight is 279 g/mol. The highest BCUT2D eigenvalue weighted by Gasteiger charge is 2.10. The van der Waals surface area contributed by atoms with E-state index in [0.717, 1.165) is 27.8 Å². The highest BCUT2D eigenvalue weighted by molar-refractivity contribution is 5.85. The number of pyridine rings is 1. The lowest BCUT2D eigenvalue weighted by molar-refractivity contribution is 0.415. The molecule has 0 atom stereocenters. The normalized spacial score (nSPS) is 10.8. The van der Waals surface area contributed by atoms with Crippen molar-refractivity contribution >= 4 is 10.9 Å². The molecule has 3 nitrogen and oxygen atoms in total. The molecule has 3 aromatic rings. The molecule has 0 bridgehead atoms. The van der Waals surface area contributed by atoms with Crippen LogP contribution in [-0.2, 0) is 6.54 Å². The van der Waals surface area contributed by atoms with Crippen LogP contribution in [0.3, 0.4) is 0 Å². The lowest BCUT2D eigenvalue weighted by Gasteiger charge is -2.12. The van der Waals surface area contributed by atoms with Gasteiger partial charge in [0.05, 0.1) is 12.6 Å². The van der Waals surface area contributed by atoms with Crippen LogP contribution in [0.15, 0.2) is 59.4 Å². The summed E-state index contributed by atoms with van der Waals surface area (Å²) in [6, 6.07) is 17.5. The summed E-state index contributed by atoms with van der Waals surface area (Å²) in [4.78, 5) is 12.7. The van der Waals surface area contributed by atoms with E-state index in [1.807, 2.05) is 61.5 Å². The summed E-state index contributed by atoms with van der Waals surface area (Å²) in [5, 5.41) is 1.01. The molecule has 0 radical (unpaired) electrons. The van der Waals surface area contributed by atoms with Gasteiger partial charge >= 0.3 is 0 Å². The molecule has 0 unspecified atom stereocenters. The summed E-state index contributed by atoms with van der Waals surface area (Å²) in [6.07, 6.45) is 0. The molecule has 0 saturated carbocycles. The fourth-order valence-corrected chi connectivity index (χ4v) is 2.63. The standard InChI is InChI=1S/C18H17NO2/c1-3-19-17-10-9-15(21-2)11-14(17)12-16(18(19)20)13-7-5-4-6-8-13/h4-12H,3H2,1-2H3. The summed E-state index contributed by atoms with van der Waals surface area (Å²) in [7, 11) is 1.65. The molecule has 0 saturated heterocycles. The quantitative estimate of drug-likeness (QED) is 0.732. The van der Waals surface area contributed by atoms with Crippen molar-refractivity contribution in [1.29, 1.82) is 0 Å². The Labute approximate surface area is 123 Å². The smallest absolute Gasteiger partial charge is 0.258 e. The first-order valence-electron chi connectivity index (χ1n) is 7.01. The molecular weight excluding hydrogens is 262 g/mol. The highest BCUT2D eigenvalue weighted by Crippen LogP contribution is 2.24. The predicted molar refractivity (Wildman–Crippen MR) is 85.9 cm³/mol. The Morgan fingerprint density at radius 2 is 1.81 bits per heavy atom. The highest BCUT2D eigenvalue weighted by atomic mass is 16.5. The zero-order valence-corrected chi connectivity index (χ0v) is 12.2. The van der Waals surface area contributed by atoms with Crippen LogP contribution in [0, 0.1) is 0 Å². The van der Waals surface area contributed by atoms with E-state index in [2.05, 4.69) is 0 Å². The molecule has 21 heavy (non-hydrogen) atoms. The monoisotopic (exact) mass is 279 g/mol. The fourth-order valence-electron chi connectivity index (χ4n) is 2.63. The molecule has 3 rings (SSSR count). The number of aromatic nitrogens is 1. The molecule has 1 aromatic heterocycles. The second kappa shape index (κ2) is 5.44. The average Bonchev–Trinajstić information content (AvgIpc) is 2.54. The summed E-state index contributed by atoms with van der Waals surface area (Å²) in [5.74, 6) is 0.794. The third-order valence-electron chi connectivity index (χ3n) is 3.70. The molecular formula is C18H17NO2. The molecule has 0 aliphatic carbocycles. The van der Waals surface area contributed by atoms with Gasteiger partial charge in [0.15, 0.2) is 0 Å². The van der Waals surface area contributed by atoms with Crippen molar-refractivity contribution in [2.75, 3.05) is 7.11 Å². The summed E-state index contributed by atoms with van der Waals surface area (Å²) < 4.78 is 7.09. The predicted octanol–water partition coefficient (Wildman–Crippen LogP) is 3.70. The lowest BCUT2D eigenvalue weighted by atomic mass is 10.0. The maximum atomic E-state index is 12.7. The van der Waals surface area contributed by atoms with Crippen LogP contribution in [0.5, 0.6) is 5.75 Å². The van der Waals surface area contributed by atoms with Crippen molar-refractivity contribution in [2.45, 2.75) is 13.5 Å². The van der Waals surface area contributed by atoms with Crippen molar-refractivity contribution in [2.24, 2.45) is 0 Å². The summed E-state index contributed by atoms with van der Waals surface area (Å²) in [5.41, 5.74) is 2.64. The van der Waals surface area contributed by atoms with Gasteiger partial charge in [-0.2, -0.15) is 0 Å². The number of methoxy groups -OCH3 is 1.